The van der Waals surface area contributed by atoms with Crippen LogP contribution in [0.1, 0.15) is 24.3 Å². The van der Waals surface area contributed by atoms with Crippen LogP contribution in [-0.2, 0) is 4.79 Å². The van der Waals surface area contributed by atoms with Gasteiger partial charge in [-0.3, -0.25) is 4.79 Å². The molecule has 0 radical (unpaired) electrons. The van der Waals surface area contributed by atoms with Crippen LogP contribution in [0.4, 0.5) is 5.13 Å². The predicted octanol–water partition coefficient (Wildman–Crippen LogP) is 5.51. The van der Waals surface area contributed by atoms with E-state index in [0.29, 0.717) is 5.13 Å². The Morgan fingerprint density at radius 2 is 1.89 bits per heavy atom. The summed E-state index contributed by atoms with van der Waals surface area (Å²) >= 11 is 1.42. The lowest BCUT2D eigenvalue weighted by Gasteiger charge is -2.21. The van der Waals surface area contributed by atoms with Crippen LogP contribution in [0.5, 0.6) is 5.75 Å². The summed E-state index contributed by atoms with van der Waals surface area (Å²) in [6.07, 6.45) is 9.75. The number of phenolic OH excluding ortho intramolecular Hbond substituents is 1. The van der Waals surface area contributed by atoms with Crippen LogP contribution in [-0.4, -0.2) is 16.0 Å². The quantitative estimate of drug-likeness (QED) is 0.605. The highest BCUT2D eigenvalue weighted by Gasteiger charge is 2.25. The van der Waals surface area contributed by atoms with E-state index in [-0.39, 0.29) is 17.6 Å². The van der Waals surface area contributed by atoms with Gasteiger partial charge in [-0.25, -0.2) is 4.98 Å². The van der Waals surface area contributed by atoms with Gasteiger partial charge in [0.25, 0.3) is 0 Å². The lowest BCUT2D eigenvalue weighted by Crippen LogP contribution is -2.23. The molecule has 1 heterocycles. The summed E-state index contributed by atoms with van der Waals surface area (Å²) < 4.78 is 0. The first-order valence-electron chi connectivity index (χ1n) is 9.17. The molecule has 28 heavy (non-hydrogen) atoms. The number of allylic oxidation sites excluding steroid dienone is 3. The number of nitrogens with zero attached hydrogens (tertiary/aromatic N) is 1. The van der Waals surface area contributed by atoms with E-state index in [1.165, 1.54) is 11.3 Å². The third kappa shape index (κ3) is 4.05. The SMILES string of the molecule is O=C(Nc1ncc(-c2ccc(O)cc2)s1)C(C1=CC=CCC1)c1ccccc1. The van der Waals surface area contributed by atoms with Crippen LogP contribution in [0.25, 0.3) is 10.4 Å². The molecule has 140 valence electrons. The van der Waals surface area contributed by atoms with Crippen molar-refractivity contribution in [1.29, 1.82) is 0 Å². The molecule has 2 N–H and O–H groups in total. The van der Waals surface area contributed by atoms with Crippen molar-refractivity contribution in [1.82, 2.24) is 4.98 Å². The van der Waals surface area contributed by atoms with Crippen molar-refractivity contribution in [2.75, 3.05) is 5.32 Å². The fourth-order valence-corrected chi connectivity index (χ4v) is 4.13. The third-order valence-electron chi connectivity index (χ3n) is 4.70. The smallest absolute Gasteiger partial charge is 0.237 e. The topological polar surface area (TPSA) is 62.2 Å². The minimum Gasteiger partial charge on any atom is -0.508 e. The molecule has 0 aliphatic heterocycles. The maximum atomic E-state index is 13.2. The number of aromatic nitrogens is 1. The van der Waals surface area contributed by atoms with Gasteiger partial charge in [-0.05, 0) is 48.2 Å². The fourth-order valence-electron chi connectivity index (χ4n) is 3.31. The largest absolute Gasteiger partial charge is 0.508 e. The number of carbonyl (C=O) groups is 1. The zero-order chi connectivity index (χ0) is 19.3. The van der Waals surface area contributed by atoms with Crippen molar-refractivity contribution < 1.29 is 9.90 Å². The number of benzene rings is 2. The fraction of sp³-hybridized carbons (Fsp3) is 0.130. The van der Waals surface area contributed by atoms with E-state index >= 15 is 0 Å². The monoisotopic (exact) mass is 388 g/mol. The van der Waals surface area contributed by atoms with Crippen molar-refractivity contribution in [3.05, 3.63) is 90.2 Å². The second-order valence-electron chi connectivity index (χ2n) is 6.62. The van der Waals surface area contributed by atoms with Crippen LogP contribution >= 0.6 is 11.3 Å². The number of thiazole rings is 1. The van der Waals surface area contributed by atoms with E-state index in [2.05, 4.69) is 16.4 Å². The van der Waals surface area contributed by atoms with Gasteiger partial charge < -0.3 is 10.4 Å². The van der Waals surface area contributed by atoms with Crippen molar-refractivity contribution in [2.24, 2.45) is 0 Å². The maximum Gasteiger partial charge on any atom is 0.237 e. The molecular weight excluding hydrogens is 368 g/mol. The first-order valence-corrected chi connectivity index (χ1v) is 9.99. The number of hydrogen-bond donors (Lipinski definition) is 2. The average Bonchev–Trinajstić information content (AvgIpc) is 3.19. The Morgan fingerprint density at radius 1 is 1.11 bits per heavy atom. The molecule has 1 atom stereocenters. The summed E-state index contributed by atoms with van der Waals surface area (Å²) in [7, 11) is 0. The predicted molar refractivity (Wildman–Crippen MR) is 113 cm³/mol. The third-order valence-corrected chi connectivity index (χ3v) is 5.66. The molecule has 4 nitrogen and oxygen atoms in total. The van der Waals surface area contributed by atoms with E-state index in [4.69, 9.17) is 0 Å². The van der Waals surface area contributed by atoms with E-state index in [1.54, 1.807) is 18.3 Å². The molecule has 1 aromatic heterocycles. The van der Waals surface area contributed by atoms with Gasteiger partial charge in [0.1, 0.15) is 5.75 Å². The summed E-state index contributed by atoms with van der Waals surface area (Å²) in [4.78, 5) is 18.5. The van der Waals surface area contributed by atoms with Gasteiger partial charge in [0.2, 0.25) is 5.91 Å². The number of amides is 1. The minimum atomic E-state index is -0.327. The molecule has 1 aliphatic rings. The molecule has 4 rings (SSSR count). The van der Waals surface area contributed by atoms with Crippen LogP contribution in [0.15, 0.2) is 84.6 Å². The number of phenols is 1. The Hall–Kier alpha value is -3.18. The van der Waals surface area contributed by atoms with Crippen molar-refractivity contribution >= 4 is 22.4 Å². The van der Waals surface area contributed by atoms with Crippen LogP contribution in [0, 0.1) is 0 Å². The molecule has 0 bridgehead atoms. The Labute approximate surface area is 167 Å². The average molecular weight is 388 g/mol. The van der Waals surface area contributed by atoms with Crippen molar-refractivity contribution in [3.63, 3.8) is 0 Å². The summed E-state index contributed by atoms with van der Waals surface area (Å²) in [6.45, 7) is 0. The first-order chi connectivity index (χ1) is 13.7. The maximum absolute atomic E-state index is 13.2. The van der Waals surface area contributed by atoms with E-state index in [1.807, 2.05) is 54.6 Å². The highest BCUT2D eigenvalue weighted by molar-refractivity contribution is 7.19. The summed E-state index contributed by atoms with van der Waals surface area (Å²) in [5.74, 6) is -0.172. The molecule has 0 fully saturated rings. The number of hydrogen-bond acceptors (Lipinski definition) is 4. The number of rotatable bonds is 5. The van der Waals surface area contributed by atoms with Crippen molar-refractivity contribution in [2.45, 2.75) is 18.8 Å². The summed E-state index contributed by atoms with van der Waals surface area (Å²) in [6, 6.07) is 16.8. The van der Waals surface area contributed by atoms with Crippen LogP contribution in [0.3, 0.4) is 0 Å². The van der Waals surface area contributed by atoms with Gasteiger partial charge in [0, 0.05) is 6.20 Å². The molecule has 0 saturated carbocycles. The van der Waals surface area contributed by atoms with Gasteiger partial charge in [-0.1, -0.05) is 65.5 Å². The Morgan fingerprint density at radius 3 is 2.61 bits per heavy atom. The molecule has 1 unspecified atom stereocenters. The zero-order valence-corrected chi connectivity index (χ0v) is 16.0. The number of aromatic hydroxyl groups is 1. The second-order valence-corrected chi connectivity index (χ2v) is 7.65. The molecule has 1 aliphatic carbocycles. The minimum absolute atomic E-state index is 0.0700. The van der Waals surface area contributed by atoms with Crippen molar-refractivity contribution in [3.8, 4) is 16.2 Å². The van der Waals surface area contributed by atoms with E-state index < -0.39 is 0 Å². The molecule has 5 heteroatoms. The summed E-state index contributed by atoms with van der Waals surface area (Å²) in [5, 5.41) is 13.0. The Kier molecular flexibility index (Phi) is 5.35. The number of nitrogens with one attached hydrogen (secondary N) is 1. The van der Waals surface area contributed by atoms with Gasteiger partial charge in [0.15, 0.2) is 5.13 Å². The summed E-state index contributed by atoms with van der Waals surface area (Å²) in [5.41, 5.74) is 3.05. The molecule has 1 amide bonds. The van der Waals surface area contributed by atoms with E-state index in [9.17, 15) is 9.90 Å². The molecule has 0 spiro atoms. The highest BCUT2D eigenvalue weighted by atomic mass is 32.1. The Bertz CT molecular complexity index is 1020. The molecule has 2 aromatic carbocycles. The normalized spacial score (nSPS) is 14.4. The number of anilines is 1. The lowest BCUT2D eigenvalue weighted by atomic mass is 9.86. The zero-order valence-electron chi connectivity index (χ0n) is 15.2. The molecule has 0 saturated heterocycles. The number of carbonyl (C=O) groups excluding carboxylic acids is 1. The lowest BCUT2D eigenvalue weighted by molar-refractivity contribution is -0.116. The highest BCUT2D eigenvalue weighted by Crippen LogP contribution is 2.33. The molecular formula is C23H20N2O2S. The van der Waals surface area contributed by atoms with Crippen LogP contribution in [0.2, 0.25) is 0 Å². The van der Waals surface area contributed by atoms with Gasteiger partial charge >= 0.3 is 0 Å². The van der Waals surface area contributed by atoms with Gasteiger partial charge in [0.05, 0.1) is 10.8 Å². The van der Waals surface area contributed by atoms with Gasteiger partial charge in [-0.15, -0.1) is 0 Å². The van der Waals surface area contributed by atoms with Crippen LogP contribution < -0.4 is 5.32 Å². The Balaban J connectivity index is 1.57. The first kappa shape index (κ1) is 18.2. The second kappa shape index (κ2) is 8.23. The molecule has 3 aromatic rings. The van der Waals surface area contributed by atoms with Gasteiger partial charge in [-0.2, -0.15) is 0 Å². The standard InChI is InChI=1S/C23H20N2O2S/c26-19-13-11-16(12-14-19)20-15-24-23(28-20)25-22(27)21(17-7-3-1-4-8-17)18-9-5-2-6-10-18/h1-5,7-9,11-15,21,26H,6,10H2,(H,24,25,27). The van der Waals surface area contributed by atoms with E-state index in [0.717, 1.165) is 34.4 Å².